The topological polar surface area (TPSA) is 133 Å². The summed E-state index contributed by atoms with van der Waals surface area (Å²) in [5, 5.41) is 13.2. The van der Waals surface area contributed by atoms with Gasteiger partial charge in [0.15, 0.2) is 16.5 Å². The van der Waals surface area contributed by atoms with E-state index in [2.05, 4.69) is 15.0 Å². The van der Waals surface area contributed by atoms with Crippen molar-refractivity contribution in [3.05, 3.63) is 46.1 Å². The molecule has 1 amide bonds. The van der Waals surface area contributed by atoms with Gasteiger partial charge in [0, 0.05) is 22.8 Å². The number of phenols is 1. The molecule has 8 nitrogen and oxygen atoms in total. The number of phenolic OH excluding ortho intramolecular Hbond substituents is 1. The summed E-state index contributed by atoms with van der Waals surface area (Å²) in [5.74, 6) is 0.0300. The molecule has 3 aromatic heterocycles. The number of aromatic hydroxyl groups is 1. The number of anilines is 1. The van der Waals surface area contributed by atoms with E-state index in [0.717, 1.165) is 11.3 Å². The minimum Gasteiger partial charge on any atom is -0.508 e. The quantitative estimate of drug-likeness (QED) is 0.489. The highest BCUT2D eigenvalue weighted by atomic mass is 32.1. The molecule has 0 saturated carbocycles. The maximum Gasteiger partial charge on any atom is 0.253 e. The van der Waals surface area contributed by atoms with Gasteiger partial charge in [0.1, 0.15) is 11.6 Å². The van der Waals surface area contributed by atoms with Gasteiger partial charge in [0.2, 0.25) is 0 Å². The lowest BCUT2D eigenvalue weighted by molar-refractivity contribution is 0.100. The number of nitrogens with two attached hydrogens (primary N) is 2. The minimum absolute atomic E-state index is 0.118. The Balaban J connectivity index is 2.12. The van der Waals surface area contributed by atoms with Crippen LogP contribution in [0.4, 0.5) is 5.82 Å². The largest absolute Gasteiger partial charge is 0.508 e. The van der Waals surface area contributed by atoms with Crippen LogP contribution >= 0.6 is 11.3 Å². The van der Waals surface area contributed by atoms with Gasteiger partial charge < -0.3 is 16.6 Å². The molecule has 0 saturated heterocycles. The van der Waals surface area contributed by atoms with Gasteiger partial charge in [-0.15, -0.1) is 11.3 Å². The summed E-state index contributed by atoms with van der Waals surface area (Å²) in [7, 11) is 0. The van der Waals surface area contributed by atoms with E-state index in [0.29, 0.717) is 33.1 Å². The van der Waals surface area contributed by atoms with Gasteiger partial charge in [-0.3, -0.25) is 9.36 Å². The van der Waals surface area contributed by atoms with E-state index >= 15 is 0 Å². The molecule has 0 atom stereocenters. The van der Waals surface area contributed by atoms with Crippen LogP contribution in [0.5, 0.6) is 5.75 Å². The molecule has 0 fully saturated rings. The Hall–Kier alpha value is -3.46. The van der Waals surface area contributed by atoms with Gasteiger partial charge in [-0.25, -0.2) is 15.0 Å². The maximum absolute atomic E-state index is 12.1. The summed E-state index contributed by atoms with van der Waals surface area (Å²) in [6.45, 7) is 5.56. The first-order chi connectivity index (χ1) is 13.3. The number of carbonyl (C=O) groups is 1. The van der Waals surface area contributed by atoms with Gasteiger partial charge in [-0.1, -0.05) is 6.07 Å². The fourth-order valence-electron chi connectivity index (χ4n) is 3.30. The molecule has 4 aromatic rings. The molecule has 0 aliphatic rings. The zero-order chi connectivity index (χ0) is 20.2. The van der Waals surface area contributed by atoms with Crippen molar-refractivity contribution in [2.75, 3.05) is 5.73 Å². The van der Waals surface area contributed by atoms with Gasteiger partial charge in [0.25, 0.3) is 5.91 Å². The van der Waals surface area contributed by atoms with E-state index in [1.54, 1.807) is 23.6 Å². The molecule has 28 heavy (non-hydrogen) atoms. The number of nitrogens with zero attached hydrogens (tertiary/aromatic N) is 4. The second-order valence-electron chi connectivity index (χ2n) is 6.56. The molecular weight excluding hydrogens is 376 g/mol. The van der Waals surface area contributed by atoms with Gasteiger partial charge in [0.05, 0.1) is 16.6 Å². The average Bonchev–Trinajstić information content (AvgIpc) is 3.20. The zero-order valence-electron chi connectivity index (χ0n) is 15.5. The van der Waals surface area contributed by atoms with Crippen molar-refractivity contribution in [3.8, 4) is 22.3 Å². The molecule has 0 bridgehead atoms. The Labute approximate surface area is 164 Å². The number of hydrogen-bond acceptors (Lipinski definition) is 7. The lowest BCUT2D eigenvalue weighted by Crippen LogP contribution is -2.14. The molecule has 0 spiro atoms. The number of carbonyl (C=O) groups excluding carboxylic acids is 1. The molecular formula is C19H18N6O2S. The van der Waals surface area contributed by atoms with Crippen LogP contribution in [0.25, 0.3) is 27.6 Å². The summed E-state index contributed by atoms with van der Waals surface area (Å²) in [5.41, 5.74) is 15.5. The number of aromatic nitrogens is 4. The third kappa shape index (κ3) is 2.59. The summed E-state index contributed by atoms with van der Waals surface area (Å²) in [4.78, 5) is 25.5. The third-order valence-electron chi connectivity index (χ3n) is 4.63. The van der Waals surface area contributed by atoms with Crippen molar-refractivity contribution >= 4 is 34.1 Å². The van der Waals surface area contributed by atoms with E-state index in [1.165, 1.54) is 17.5 Å². The molecule has 0 radical (unpaired) electrons. The normalized spacial score (nSPS) is 11.2. The Morgan fingerprint density at radius 3 is 2.61 bits per heavy atom. The van der Waals surface area contributed by atoms with Gasteiger partial charge >= 0.3 is 0 Å². The van der Waals surface area contributed by atoms with Crippen molar-refractivity contribution in [2.45, 2.75) is 20.8 Å². The average molecular weight is 394 g/mol. The first-order valence-electron chi connectivity index (χ1n) is 8.48. The first-order valence-corrected chi connectivity index (χ1v) is 9.36. The van der Waals surface area contributed by atoms with E-state index in [1.807, 2.05) is 19.2 Å². The molecule has 0 aliphatic heterocycles. The van der Waals surface area contributed by atoms with E-state index in [4.69, 9.17) is 11.5 Å². The molecule has 4 rings (SSSR count). The monoisotopic (exact) mass is 394 g/mol. The molecule has 3 heterocycles. The van der Waals surface area contributed by atoms with Crippen LogP contribution in [0.2, 0.25) is 0 Å². The lowest BCUT2D eigenvalue weighted by atomic mass is 10.1. The Morgan fingerprint density at radius 2 is 1.96 bits per heavy atom. The number of primary amides is 1. The van der Waals surface area contributed by atoms with Gasteiger partial charge in [-0.2, -0.15) is 0 Å². The second-order valence-corrected chi connectivity index (χ2v) is 7.42. The van der Waals surface area contributed by atoms with Crippen molar-refractivity contribution in [2.24, 2.45) is 5.73 Å². The molecule has 5 N–H and O–H groups in total. The SMILES string of the molecule is Cc1csc(-c2ncc3c(C(N)=O)c(N)n(-c4c(C)ccc(O)c4C)c3n2)n1. The number of amides is 1. The summed E-state index contributed by atoms with van der Waals surface area (Å²) in [6.07, 6.45) is 1.54. The highest BCUT2D eigenvalue weighted by Crippen LogP contribution is 2.36. The second kappa shape index (κ2) is 6.31. The first kappa shape index (κ1) is 17.9. The van der Waals surface area contributed by atoms with Crippen LogP contribution in [0.3, 0.4) is 0 Å². The standard InChI is InChI=1S/C19H18N6O2S/c1-8-4-5-12(26)10(3)14(8)25-15(20)13(16(21)27)11-6-22-17(24-18(11)25)19-23-9(2)7-28-19/h4-7,26H,20H2,1-3H3,(H2,21,27). The number of benzene rings is 1. The number of hydrogen-bond donors (Lipinski definition) is 3. The number of fused-ring (bicyclic) bond motifs is 1. The number of thiazole rings is 1. The predicted molar refractivity (Wildman–Crippen MR) is 109 cm³/mol. The van der Waals surface area contributed by atoms with E-state index in [9.17, 15) is 9.90 Å². The maximum atomic E-state index is 12.1. The van der Waals surface area contributed by atoms with Crippen molar-refractivity contribution in [1.82, 2.24) is 19.5 Å². The minimum atomic E-state index is -0.668. The lowest BCUT2D eigenvalue weighted by Gasteiger charge is -2.15. The summed E-state index contributed by atoms with van der Waals surface area (Å²) < 4.78 is 1.64. The summed E-state index contributed by atoms with van der Waals surface area (Å²) >= 11 is 1.43. The van der Waals surface area contributed by atoms with Crippen LogP contribution in [-0.4, -0.2) is 30.5 Å². The van der Waals surface area contributed by atoms with Crippen LogP contribution in [0.15, 0.2) is 23.7 Å². The van der Waals surface area contributed by atoms with E-state index in [-0.39, 0.29) is 17.1 Å². The van der Waals surface area contributed by atoms with Gasteiger partial charge in [-0.05, 0) is 32.4 Å². The molecule has 0 unspecified atom stereocenters. The third-order valence-corrected chi connectivity index (χ3v) is 5.59. The molecule has 142 valence electrons. The fraction of sp³-hybridized carbons (Fsp3) is 0.158. The van der Waals surface area contributed by atoms with Crippen LogP contribution < -0.4 is 11.5 Å². The molecule has 9 heteroatoms. The van der Waals surface area contributed by atoms with Crippen LogP contribution in [-0.2, 0) is 0 Å². The number of rotatable bonds is 3. The fourth-order valence-corrected chi connectivity index (χ4v) is 4.03. The molecule has 0 aliphatic carbocycles. The smallest absolute Gasteiger partial charge is 0.253 e. The van der Waals surface area contributed by atoms with Crippen molar-refractivity contribution in [1.29, 1.82) is 0 Å². The summed E-state index contributed by atoms with van der Waals surface area (Å²) in [6, 6.07) is 3.39. The van der Waals surface area contributed by atoms with Crippen LogP contribution in [0, 0.1) is 20.8 Å². The van der Waals surface area contributed by atoms with E-state index < -0.39 is 5.91 Å². The highest BCUT2D eigenvalue weighted by Gasteiger charge is 2.25. The Morgan fingerprint density at radius 1 is 1.21 bits per heavy atom. The zero-order valence-corrected chi connectivity index (χ0v) is 16.3. The van der Waals surface area contributed by atoms with Crippen molar-refractivity contribution in [3.63, 3.8) is 0 Å². The van der Waals surface area contributed by atoms with Crippen LogP contribution in [0.1, 0.15) is 27.2 Å². The predicted octanol–water partition coefficient (Wildman–Crippen LogP) is 2.86. The van der Waals surface area contributed by atoms with Crippen molar-refractivity contribution < 1.29 is 9.90 Å². The highest BCUT2D eigenvalue weighted by molar-refractivity contribution is 7.13. The Bertz CT molecular complexity index is 1260. The molecule has 1 aromatic carbocycles. The number of nitrogen functional groups attached to an aromatic ring is 1. The Kier molecular flexibility index (Phi) is 4.04. The number of aryl methyl sites for hydroxylation is 2.